The highest BCUT2D eigenvalue weighted by atomic mass is 19.1. The highest BCUT2D eigenvalue weighted by Crippen LogP contribution is 2.40. The van der Waals surface area contributed by atoms with Crippen LogP contribution >= 0.6 is 0 Å². The van der Waals surface area contributed by atoms with Crippen LogP contribution in [-0.4, -0.2) is 47.7 Å². The maximum atomic E-state index is 13.8. The van der Waals surface area contributed by atoms with E-state index in [4.69, 9.17) is 14.5 Å². The van der Waals surface area contributed by atoms with Gasteiger partial charge in [0.1, 0.15) is 11.6 Å². The lowest BCUT2D eigenvalue weighted by Gasteiger charge is -2.35. The first-order valence-electron chi connectivity index (χ1n) is 12.2. The number of carbonyl (C=O) groups excluding carboxylic acids is 1. The van der Waals surface area contributed by atoms with E-state index >= 15 is 0 Å². The fourth-order valence-corrected chi connectivity index (χ4v) is 5.25. The molecule has 0 bridgehead atoms. The van der Waals surface area contributed by atoms with Crippen LogP contribution in [0.3, 0.4) is 0 Å². The van der Waals surface area contributed by atoms with Gasteiger partial charge in [-0.15, -0.1) is 0 Å². The van der Waals surface area contributed by atoms with Gasteiger partial charge in [-0.05, 0) is 61.9 Å². The predicted octanol–water partition coefficient (Wildman–Crippen LogP) is 5.26. The Morgan fingerprint density at radius 3 is 2.47 bits per heavy atom. The van der Waals surface area contributed by atoms with Crippen molar-refractivity contribution in [2.75, 3.05) is 27.3 Å². The number of likely N-dealkylation sites (tertiary alicyclic amines) is 1. The summed E-state index contributed by atoms with van der Waals surface area (Å²) in [5.41, 5.74) is 2.82. The molecular weight excluding hydrogens is 433 g/mol. The number of amides is 1. The Hall–Kier alpha value is -3.09. The first-order valence-corrected chi connectivity index (χ1v) is 12.2. The monoisotopic (exact) mass is 465 g/mol. The quantitative estimate of drug-likeness (QED) is 0.478. The molecule has 0 N–H and O–H groups in total. The molecule has 1 saturated carbocycles. The molecule has 0 atom stereocenters. The summed E-state index contributed by atoms with van der Waals surface area (Å²) in [5.74, 6) is 2.89. The molecule has 3 aromatic rings. The number of fused-ring (bicyclic) bond motifs is 1. The van der Waals surface area contributed by atoms with E-state index in [9.17, 15) is 9.18 Å². The smallest absolute Gasteiger partial charge is 0.222 e. The fourth-order valence-electron chi connectivity index (χ4n) is 5.25. The van der Waals surface area contributed by atoms with Crippen molar-refractivity contribution >= 4 is 16.9 Å². The molecular formula is C27H32FN3O3. The lowest BCUT2D eigenvalue weighted by Crippen LogP contribution is -2.39. The van der Waals surface area contributed by atoms with Gasteiger partial charge in [-0.25, -0.2) is 9.37 Å². The largest absolute Gasteiger partial charge is 0.493 e. The number of halogens is 1. The van der Waals surface area contributed by atoms with E-state index in [0.29, 0.717) is 36.3 Å². The number of hydrogen-bond acceptors (Lipinski definition) is 4. The second-order valence-corrected chi connectivity index (χ2v) is 9.40. The third-order valence-electron chi connectivity index (χ3n) is 7.41. The Kier molecular flexibility index (Phi) is 6.44. The number of aryl methyl sites for hydroxylation is 1. The van der Waals surface area contributed by atoms with Crippen LogP contribution < -0.4 is 9.47 Å². The van der Waals surface area contributed by atoms with Crippen molar-refractivity contribution < 1.29 is 18.7 Å². The van der Waals surface area contributed by atoms with E-state index < -0.39 is 0 Å². The molecule has 1 aliphatic carbocycles. The van der Waals surface area contributed by atoms with Crippen LogP contribution in [0.5, 0.6) is 11.5 Å². The van der Waals surface area contributed by atoms with E-state index in [-0.39, 0.29) is 11.7 Å². The molecule has 34 heavy (non-hydrogen) atoms. The van der Waals surface area contributed by atoms with Crippen LogP contribution in [0.25, 0.3) is 11.0 Å². The van der Waals surface area contributed by atoms with Crippen molar-refractivity contribution in [3.63, 3.8) is 0 Å². The highest BCUT2D eigenvalue weighted by molar-refractivity contribution is 5.77. The summed E-state index contributed by atoms with van der Waals surface area (Å²) in [4.78, 5) is 19.8. The van der Waals surface area contributed by atoms with Crippen molar-refractivity contribution in [2.24, 2.45) is 0 Å². The Morgan fingerprint density at radius 1 is 1.03 bits per heavy atom. The second-order valence-electron chi connectivity index (χ2n) is 9.40. The van der Waals surface area contributed by atoms with Gasteiger partial charge in [-0.1, -0.05) is 12.5 Å². The number of benzene rings is 2. The van der Waals surface area contributed by atoms with Gasteiger partial charge >= 0.3 is 0 Å². The fraction of sp³-hybridized carbons (Fsp3) is 0.481. The zero-order valence-electron chi connectivity index (χ0n) is 19.9. The molecule has 5 rings (SSSR count). The number of methoxy groups -OCH3 is 2. The molecule has 2 heterocycles. The summed E-state index contributed by atoms with van der Waals surface area (Å²) in [7, 11) is 3.23. The molecule has 0 spiro atoms. The maximum Gasteiger partial charge on any atom is 0.222 e. The normalized spacial score (nSPS) is 17.1. The molecule has 7 heteroatoms. The number of carbonyl (C=O) groups is 1. The van der Waals surface area contributed by atoms with Gasteiger partial charge in [0.25, 0.3) is 0 Å². The average molecular weight is 466 g/mol. The van der Waals surface area contributed by atoms with Gasteiger partial charge in [0.05, 0.1) is 25.3 Å². The lowest BCUT2D eigenvalue weighted by atomic mass is 9.84. The van der Waals surface area contributed by atoms with Crippen LogP contribution in [-0.2, 0) is 11.2 Å². The van der Waals surface area contributed by atoms with E-state index in [1.165, 1.54) is 12.5 Å². The summed E-state index contributed by atoms with van der Waals surface area (Å²) in [5, 5.41) is 0. The minimum Gasteiger partial charge on any atom is -0.493 e. The van der Waals surface area contributed by atoms with Gasteiger partial charge in [0.2, 0.25) is 5.91 Å². The number of piperidine rings is 1. The molecule has 1 aromatic heterocycles. The van der Waals surface area contributed by atoms with E-state index in [1.807, 2.05) is 29.2 Å². The minimum absolute atomic E-state index is 0.185. The Balaban J connectivity index is 1.24. The third-order valence-corrected chi connectivity index (χ3v) is 7.41. The molecule has 1 saturated heterocycles. The van der Waals surface area contributed by atoms with Crippen LogP contribution in [0.2, 0.25) is 0 Å². The predicted molar refractivity (Wildman–Crippen MR) is 129 cm³/mol. The van der Waals surface area contributed by atoms with Gasteiger partial charge in [-0.2, -0.15) is 0 Å². The van der Waals surface area contributed by atoms with Crippen molar-refractivity contribution in [3.8, 4) is 11.5 Å². The van der Waals surface area contributed by atoms with Crippen LogP contribution in [0.4, 0.5) is 4.39 Å². The van der Waals surface area contributed by atoms with Gasteiger partial charge in [-0.3, -0.25) is 4.79 Å². The molecule has 1 aliphatic heterocycles. The Labute approximate surface area is 199 Å². The third kappa shape index (κ3) is 4.36. The average Bonchev–Trinajstić information content (AvgIpc) is 3.18. The minimum atomic E-state index is -0.243. The number of imidazole rings is 1. The van der Waals surface area contributed by atoms with Crippen molar-refractivity contribution in [1.29, 1.82) is 0 Å². The van der Waals surface area contributed by atoms with E-state index in [2.05, 4.69) is 4.57 Å². The molecule has 1 amide bonds. The van der Waals surface area contributed by atoms with Crippen LogP contribution in [0, 0.1) is 5.82 Å². The topological polar surface area (TPSA) is 56.6 Å². The maximum absolute atomic E-state index is 13.8. The summed E-state index contributed by atoms with van der Waals surface area (Å²) < 4.78 is 26.8. The Morgan fingerprint density at radius 2 is 1.79 bits per heavy atom. The first-order chi connectivity index (χ1) is 16.6. The SMILES string of the molecule is COc1ccc(CCC(=O)N2CCC(n3c(C4CCC4)nc4cc(F)ccc43)CC2)cc1OC. The summed E-state index contributed by atoms with van der Waals surface area (Å²) in [6.45, 7) is 1.47. The zero-order valence-corrected chi connectivity index (χ0v) is 19.9. The van der Waals surface area contributed by atoms with Gasteiger partial charge in [0.15, 0.2) is 11.5 Å². The Bertz CT molecular complexity index is 1180. The molecule has 2 aliphatic rings. The number of ether oxygens (including phenoxy) is 2. The summed E-state index contributed by atoms with van der Waals surface area (Å²) in [6, 6.07) is 11.0. The number of aromatic nitrogens is 2. The number of nitrogens with zero attached hydrogens (tertiary/aromatic N) is 3. The second kappa shape index (κ2) is 9.65. The molecule has 0 unspecified atom stereocenters. The molecule has 180 valence electrons. The van der Waals surface area contributed by atoms with Gasteiger partial charge < -0.3 is 18.9 Å². The van der Waals surface area contributed by atoms with Crippen molar-refractivity contribution in [2.45, 2.75) is 56.9 Å². The standard InChI is InChI=1S/C27H32FN3O3/c1-33-24-10-6-18(16-25(24)34-2)7-11-26(32)30-14-12-21(13-15-30)31-23-9-8-20(28)17-22(23)29-27(31)19-4-3-5-19/h6,8-10,16-17,19,21H,3-5,7,11-15H2,1-2H3. The lowest BCUT2D eigenvalue weighted by molar-refractivity contribution is -0.132. The van der Waals surface area contributed by atoms with Crippen molar-refractivity contribution in [3.05, 3.63) is 53.6 Å². The summed E-state index contributed by atoms with van der Waals surface area (Å²) in [6.07, 6.45) is 6.46. The highest BCUT2D eigenvalue weighted by Gasteiger charge is 2.31. The molecule has 0 radical (unpaired) electrons. The van der Waals surface area contributed by atoms with Gasteiger partial charge in [0, 0.05) is 37.5 Å². The number of rotatable bonds is 7. The van der Waals surface area contributed by atoms with E-state index in [1.54, 1.807) is 20.3 Å². The van der Waals surface area contributed by atoms with Crippen LogP contribution in [0.1, 0.15) is 61.9 Å². The first kappa shape index (κ1) is 22.7. The molecule has 2 fully saturated rings. The van der Waals surface area contributed by atoms with E-state index in [0.717, 1.165) is 61.2 Å². The zero-order chi connectivity index (χ0) is 23.7. The molecule has 2 aromatic carbocycles. The summed E-state index contributed by atoms with van der Waals surface area (Å²) >= 11 is 0. The molecule has 6 nitrogen and oxygen atoms in total. The number of hydrogen-bond donors (Lipinski definition) is 0. The van der Waals surface area contributed by atoms with Crippen molar-refractivity contribution in [1.82, 2.24) is 14.5 Å². The van der Waals surface area contributed by atoms with Crippen LogP contribution in [0.15, 0.2) is 36.4 Å².